The van der Waals surface area contributed by atoms with Crippen LogP contribution in [0.3, 0.4) is 0 Å². The molecule has 2 aromatic rings. The minimum atomic E-state index is -0.145. The lowest BCUT2D eigenvalue weighted by molar-refractivity contribution is 0.0951. The molecule has 0 spiro atoms. The van der Waals surface area contributed by atoms with E-state index in [0.717, 1.165) is 24.6 Å². The predicted octanol–water partition coefficient (Wildman–Crippen LogP) is 4.91. The zero-order valence-corrected chi connectivity index (χ0v) is 16.8. The fourth-order valence-corrected chi connectivity index (χ4v) is 3.68. The highest BCUT2D eigenvalue weighted by atomic mass is 35.5. The van der Waals surface area contributed by atoms with E-state index in [4.69, 9.17) is 16.3 Å². The first-order chi connectivity index (χ1) is 13.1. The van der Waals surface area contributed by atoms with Crippen molar-refractivity contribution in [3.05, 3.63) is 58.6 Å². The van der Waals surface area contributed by atoms with E-state index < -0.39 is 0 Å². The number of ether oxygens (including phenoxy) is 1. The van der Waals surface area contributed by atoms with Crippen LogP contribution in [0.25, 0.3) is 0 Å². The van der Waals surface area contributed by atoms with E-state index in [1.165, 1.54) is 18.5 Å². The Bertz CT molecular complexity index is 776. The molecule has 1 fully saturated rings. The number of piperidine rings is 1. The van der Waals surface area contributed by atoms with Crippen LogP contribution in [0.1, 0.15) is 42.6 Å². The Labute approximate surface area is 166 Å². The molecular weight excluding hydrogens is 360 g/mol. The number of benzene rings is 2. The summed E-state index contributed by atoms with van der Waals surface area (Å²) in [7, 11) is 0. The minimum absolute atomic E-state index is 0.145. The van der Waals surface area contributed by atoms with Crippen LogP contribution in [0.15, 0.2) is 42.5 Å². The van der Waals surface area contributed by atoms with Crippen LogP contribution >= 0.6 is 11.6 Å². The third-order valence-corrected chi connectivity index (χ3v) is 5.20. The molecule has 0 saturated carbocycles. The maximum Gasteiger partial charge on any atom is 0.251 e. The first kappa shape index (κ1) is 19.6. The number of carbonyl (C=O) groups is 1. The fourth-order valence-electron chi connectivity index (χ4n) is 3.45. The summed E-state index contributed by atoms with van der Waals surface area (Å²) in [6, 6.07) is 13.6. The van der Waals surface area contributed by atoms with Crippen molar-refractivity contribution in [3.8, 4) is 5.75 Å². The summed E-state index contributed by atoms with van der Waals surface area (Å²) in [6.45, 7) is 7.47. The molecule has 3 rings (SSSR count). The second-order valence-corrected chi connectivity index (χ2v) is 7.53. The van der Waals surface area contributed by atoms with Crippen molar-refractivity contribution in [1.29, 1.82) is 0 Å². The topological polar surface area (TPSA) is 41.6 Å². The molecule has 1 atom stereocenters. The zero-order valence-electron chi connectivity index (χ0n) is 16.0. The van der Waals surface area contributed by atoms with Crippen molar-refractivity contribution in [2.75, 3.05) is 24.6 Å². The largest absolute Gasteiger partial charge is 0.492 e. The molecule has 144 valence electrons. The van der Waals surface area contributed by atoms with Gasteiger partial charge in [0.05, 0.1) is 11.6 Å². The van der Waals surface area contributed by atoms with E-state index in [1.807, 2.05) is 6.92 Å². The first-order valence-electron chi connectivity index (χ1n) is 9.61. The van der Waals surface area contributed by atoms with Gasteiger partial charge >= 0.3 is 0 Å². The number of hydrogen-bond donors (Lipinski definition) is 1. The lowest BCUT2D eigenvalue weighted by Gasteiger charge is -2.32. The van der Waals surface area contributed by atoms with Crippen LogP contribution in [-0.4, -0.2) is 25.6 Å². The Hall–Kier alpha value is -2.20. The number of amides is 1. The highest BCUT2D eigenvalue weighted by molar-refractivity contribution is 6.32. The molecule has 2 aromatic carbocycles. The van der Waals surface area contributed by atoms with Gasteiger partial charge in [-0.05, 0) is 61.6 Å². The lowest BCUT2D eigenvalue weighted by Crippen LogP contribution is -2.34. The van der Waals surface area contributed by atoms with Crippen LogP contribution in [0.4, 0.5) is 5.69 Å². The van der Waals surface area contributed by atoms with Gasteiger partial charge in [-0.2, -0.15) is 0 Å². The second kappa shape index (κ2) is 9.14. The Morgan fingerprint density at radius 2 is 2.04 bits per heavy atom. The van der Waals surface area contributed by atoms with Crippen molar-refractivity contribution in [1.82, 2.24) is 5.32 Å². The maximum atomic E-state index is 12.4. The molecule has 1 aliphatic heterocycles. The summed E-state index contributed by atoms with van der Waals surface area (Å²) in [5.74, 6) is 1.20. The minimum Gasteiger partial charge on any atom is -0.492 e. The third kappa shape index (κ3) is 5.16. The van der Waals surface area contributed by atoms with E-state index in [1.54, 1.807) is 18.2 Å². The molecule has 0 aromatic heterocycles. The quantitative estimate of drug-likeness (QED) is 0.767. The Morgan fingerprint density at radius 3 is 2.70 bits per heavy atom. The van der Waals surface area contributed by atoms with Crippen LogP contribution in [0.2, 0.25) is 5.02 Å². The van der Waals surface area contributed by atoms with Gasteiger partial charge in [0.1, 0.15) is 5.75 Å². The summed E-state index contributed by atoms with van der Waals surface area (Å²) in [5.41, 5.74) is 2.87. The lowest BCUT2D eigenvalue weighted by atomic mass is 9.99. The Morgan fingerprint density at radius 1 is 1.26 bits per heavy atom. The normalized spacial score (nSPS) is 16.9. The number of nitrogens with zero attached hydrogens (tertiary/aromatic N) is 1. The molecule has 4 nitrogen and oxygen atoms in total. The standard InChI is InChI=1S/C22H27ClN2O2/c1-3-27-21-11-8-18(13-20(21)23)22(26)24-14-17-6-9-19(10-7-17)25-12-4-5-16(2)15-25/h6-11,13,16H,3-5,12,14-15H2,1-2H3,(H,24,26)/t16-/m1/s1. The van der Waals surface area contributed by atoms with Crippen molar-refractivity contribution in [2.45, 2.75) is 33.2 Å². The summed E-state index contributed by atoms with van der Waals surface area (Å²) < 4.78 is 5.40. The molecule has 0 radical (unpaired) electrons. The number of anilines is 1. The van der Waals surface area contributed by atoms with Gasteiger partial charge in [-0.25, -0.2) is 0 Å². The average molecular weight is 387 g/mol. The highest BCUT2D eigenvalue weighted by Gasteiger charge is 2.16. The molecule has 5 heteroatoms. The number of hydrogen-bond acceptors (Lipinski definition) is 3. The molecule has 1 amide bonds. The first-order valence-corrected chi connectivity index (χ1v) is 9.99. The van der Waals surface area contributed by atoms with Gasteiger partial charge < -0.3 is 15.0 Å². The van der Waals surface area contributed by atoms with Crippen molar-refractivity contribution >= 4 is 23.2 Å². The molecule has 0 aliphatic carbocycles. The van der Waals surface area contributed by atoms with E-state index >= 15 is 0 Å². The summed E-state index contributed by atoms with van der Waals surface area (Å²) in [5, 5.41) is 3.40. The Kier molecular flexibility index (Phi) is 6.62. The number of halogens is 1. The van der Waals surface area contributed by atoms with E-state index in [2.05, 4.69) is 41.4 Å². The molecule has 27 heavy (non-hydrogen) atoms. The summed E-state index contributed by atoms with van der Waals surface area (Å²) in [6.07, 6.45) is 2.57. The van der Waals surface area contributed by atoms with E-state index in [-0.39, 0.29) is 5.91 Å². The van der Waals surface area contributed by atoms with E-state index in [0.29, 0.717) is 29.5 Å². The van der Waals surface area contributed by atoms with Gasteiger partial charge in [0.2, 0.25) is 0 Å². The van der Waals surface area contributed by atoms with Gasteiger partial charge in [-0.3, -0.25) is 4.79 Å². The summed E-state index contributed by atoms with van der Waals surface area (Å²) >= 11 is 6.16. The smallest absolute Gasteiger partial charge is 0.251 e. The molecular formula is C22H27ClN2O2. The monoisotopic (exact) mass is 386 g/mol. The molecule has 1 N–H and O–H groups in total. The Balaban J connectivity index is 1.56. The molecule has 1 heterocycles. The molecule has 0 bridgehead atoms. The molecule has 1 saturated heterocycles. The van der Waals surface area contributed by atoms with Crippen LogP contribution in [-0.2, 0) is 6.54 Å². The number of carbonyl (C=O) groups excluding carboxylic acids is 1. The SMILES string of the molecule is CCOc1ccc(C(=O)NCc2ccc(N3CCC[C@@H](C)C3)cc2)cc1Cl. The molecule has 0 unspecified atom stereocenters. The van der Waals surface area contributed by atoms with Crippen molar-refractivity contribution in [3.63, 3.8) is 0 Å². The summed E-state index contributed by atoms with van der Waals surface area (Å²) in [4.78, 5) is 14.8. The molecule has 1 aliphatic rings. The third-order valence-electron chi connectivity index (χ3n) is 4.91. The van der Waals surface area contributed by atoms with Crippen LogP contribution < -0.4 is 15.0 Å². The van der Waals surface area contributed by atoms with Gasteiger partial charge in [-0.1, -0.05) is 30.7 Å². The number of rotatable bonds is 6. The highest BCUT2D eigenvalue weighted by Crippen LogP contribution is 2.26. The fraction of sp³-hybridized carbons (Fsp3) is 0.409. The zero-order chi connectivity index (χ0) is 19.2. The van der Waals surface area contributed by atoms with Gasteiger partial charge in [0.15, 0.2) is 0 Å². The van der Waals surface area contributed by atoms with Crippen molar-refractivity contribution < 1.29 is 9.53 Å². The number of nitrogens with one attached hydrogen (secondary N) is 1. The van der Waals surface area contributed by atoms with Crippen molar-refractivity contribution in [2.24, 2.45) is 5.92 Å². The van der Waals surface area contributed by atoms with E-state index in [9.17, 15) is 4.79 Å². The van der Waals surface area contributed by atoms with Crippen LogP contribution in [0.5, 0.6) is 5.75 Å². The second-order valence-electron chi connectivity index (χ2n) is 7.12. The predicted molar refractivity (Wildman–Crippen MR) is 111 cm³/mol. The average Bonchev–Trinajstić information content (AvgIpc) is 2.68. The maximum absolute atomic E-state index is 12.4. The van der Waals surface area contributed by atoms with Crippen LogP contribution in [0, 0.1) is 5.92 Å². The van der Waals surface area contributed by atoms with Gasteiger partial charge in [0, 0.05) is 30.9 Å². The van der Waals surface area contributed by atoms with Gasteiger partial charge in [-0.15, -0.1) is 0 Å². The van der Waals surface area contributed by atoms with Gasteiger partial charge in [0.25, 0.3) is 5.91 Å².